The van der Waals surface area contributed by atoms with Crippen LogP contribution in [-0.2, 0) is 9.84 Å². The van der Waals surface area contributed by atoms with E-state index in [1.807, 2.05) is 0 Å². The van der Waals surface area contributed by atoms with Crippen molar-refractivity contribution in [2.75, 3.05) is 18.6 Å². The molecule has 1 aliphatic carbocycles. The van der Waals surface area contributed by atoms with Gasteiger partial charge in [-0.2, -0.15) is 0 Å². The maximum absolute atomic E-state index is 11.6. The highest BCUT2D eigenvalue weighted by atomic mass is 127. The van der Waals surface area contributed by atoms with Gasteiger partial charge in [-0.05, 0) is 29.9 Å². The summed E-state index contributed by atoms with van der Waals surface area (Å²) in [6, 6.07) is 9.23. The lowest BCUT2D eigenvalue weighted by Gasteiger charge is -2.16. The lowest BCUT2D eigenvalue weighted by atomic mass is 10.0. The third-order valence-corrected chi connectivity index (χ3v) is 6.71. The van der Waals surface area contributed by atoms with E-state index < -0.39 is 9.84 Å². The largest absolute Gasteiger partial charge is 0.353 e. The molecule has 2 N–H and O–H groups in total. The summed E-state index contributed by atoms with van der Waals surface area (Å²) < 4.78 is 23.1. The molecular weight excluding hydrogens is 449 g/mol. The summed E-state index contributed by atoms with van der Waals surface area (Å²) in [5, 5.41) is 6.67. The predicted octanol–water partition coefficient (Wildman–Crippen LogP) is 2.64. The average molecular weight is 477 g/mol. The molecule has 140 valence electrons. The number of guanidine groups is 1. The number of hydrogen-bond acceptors (Lipinski definition) is 3. The first-order valence-electron chi connectivity index (χ1n) is 8.68. The van der Waals surface area contributed by atoms with Crippen LogP contribution in [0.15, 0.2) is 29.3 Å². The minimum absolute atomic E-state index is 0. The molecule has 1 aliphatic heterocycles. The molecule has 0 aromatic heterocycles. The van der Waals surface area contributed by atoms with Crippen molar-refractivity contribution in [1.82, 2.24) is 10.6 Å². The Balaban J connectivity index is 0.00000225. The first kappa shape index (κ1) is 20.5. The van der Waals surface area contributed by atoms with Gasteiger partial charge in [-0.1, -0.05) is 38.1 Å². The van der Waals surface area contributed by atoms with Crippen LogP contribution in [-0.4, -0.2) is 45.0 Å². The van der Waals surface area contributed by atoms with Crippen LogP contribution in [0.5, 0.6) is 0 Å². The monoisotopic (exact) mass is 477 g/mol. The highest BCUT2D eigenvalue weighted by Gasteiger charge is 2.39. The molecule has 0 spiro atoms. The van der Waals surface area contributed by atoms with Gasteiger partial charge in [0.15, 0.2) is 15.8 Å². The van der Waals surface area contributed by atoms with Gasteiger partial charge in [0.25, 0.3) is 0 Å². The Kier molecular flexibility index (Phi) is 6.75. The number of hydrogen-bond donors (Lipinski definition) is 2. The number of nitrogens with one attached hydrogen (secondary N) is 2. The van der Waals surface area contributed by atoms with Gasteiger partial charge in [-0.3, -0.25) is 4.99 Å². The van der Waals surface area contributed by atoms with E-state index in [1.54, 1.807) is 7.05 Å². The Hall–Kier alpha value is -0.830. The number of rotatable bonds is 4. The third-order valence-electron chi connectivity index (χ3n) is 4.94. The van der Waals surface area contributed by atoms with Crippen molar-refractivity contribution >= 4 is 39.8 Å². The molecule has 3 unspecified atom stereocenters. The summed E-state index contributed by atoms with van der Waals surface area (Å²) in [5.74, 6) is 2.26. The van der Waals surface area contributed by atoms with Crippen molar-refractivity contribution in [1.29, 1.82) is 0 Å². The second-order valence-electron chi connectivity index (χ2n) is 7.23. The molecule has 25 heavy (non-hydrogen) atoms. The molecule has 1 saturated heterocycles. The fourth-order valence-corrected chi connectivity index (χ4v) is 4.97. The number of halogens is 1. The van der Waals surface area contributed by atoms with Crippen molar-refractivity contribution in [3.05, 3.63) is 35.4 Å². The molecule has 2 fully saturated rings. The van der Waals surface area contributed by atoms with E-state index in [-0.39, 0.29) is 41.5 Å². The zero-order chi connectivity index (χ0) is 17.3. The van der Waals surface area contributed by atoms with Crippen molar-refractivity contribution < 1.29 is 8.42 Å². The summed E-state index contributed by atoms with van der Waals surface area (Å²) in [6.45, 7) is 4.41. The number of sulfone groups is 1. The van der Waals surface area contributed by atoms with E-state index in [2.05, 4.69) is 53.7 Å². The first-order valence-corrected chi connectivity index (χ1v) is 10.5. The molecule has 1 heterocycles. The normalized spacial score (nSPS) is 27.7. The number of aliphatic imine (C=N–C) groups is 1. The Morgan fingerprint density at radius 3 is 2.40 bits per heavy atom. The average Bonchev–Trinajstić information content (AvgIpc) is 3.22. The molecule has 0 bridgehead atoms. The second-order valence-corrected chi connectivity index (χ2v) is 9.46. The highest BCUT2D eigenvalue weighted by Crippen LogP contribution is 2.41. The lowest BCUT2D eigenvalue weighted by molar-refractivity contribution is 0.599. The van der Waals surface area contributed by atoms with Crippen molar-refractivity contribution in [2.24, 2.45) is 4.99 Å². The molecule has 2 aliphatic rings. The Labute approximate surface area is 168 Å². The van der Waals surface area contributed by atoms with Crippen LogP contribution in [0.4, 0.5) is 0 Å². The van der Waals surface area contributed by atoms with E-state index in [9.17, 15) is 8.42 Å². The molecular formula is C18H28IN3O2S. The van der Waals surface area contributed by atoms with Gasteiger partial charge in [0, 0.05) is 25.0 Å². The van der Waals surface area contributed by atoms with Crippen LogP contribution in [0.2, 0.25) is 0 Å². The smallest absolute Gasteiger partial charge is 0.191 e. The van der Waals surface area contributed by atoms with Crippen LogP contribution < -0.4 is 10.6 Å². The lowest BCUT2D eigenvalue weighted by Crippen LogP contribution is -2.45. The molecule has 5 nitrogen and oxygen atoms in total. The van der Waals surface area contributed by atoms with Gasteiger partial charge in [0.05, 0.1) is 11.5 Å². The van der Waals surface area contributed by atoms with E-state index in [4.69, 9.17) is 0 Å². The standard InChI is InChI=1S/C18H27N3O2S.HI/c1-12(2)13-4-6-14(7-5-13)16-10-17(16)21-18(19-3)20-15-8-9-24(22,23)11-15;/h4-7,12,15-17H,8-11H2,1-3H3,(H2,19,20,21);1H. The zero-order valence-electron chi connectivity index (χ0n) is 15.0. The Morgan fingerprint density at radius 2 is 1.88 bits per heavy atom. The van der Waals surface area contributed by atoms with Crippen LogP contribution in [0.1, 0.15) is 49.7 Å². The molecule has 1 saturated carbocycles. The molecule has 1 aromatic carbocycles. The fraction of sp³-hybridized carbons (Fsp3) is 0.611. The van der Waals surface area contributed by atoms with E-state index >= 15 is 0 Å². The number of benzene rings is 1. The maximum atomic E-state index is 11.6. The SMILES string of the molecule is CN=C(NC1CCS(=O)(=O)C1)NC1CC1c1ccc(C(C)C)cc1.I. The topological polar surface area (TPSA) is 70.6 Å². The quantitative estimate of drug-likeness (QED) is 0.398. The van der Waals surface area contributed by atoms with Gasteiger partial charge in [0.2, 0.25) is 0 Å². The van der Waals surface area contributed by atoms with Gasteiger partial charge < -0.3 is 10.6 Å². The van der Waals surface area contributed by atoms with Gasteiger partial charge in [-0.25, -0.2) is 8.42 Å². The molecule has 1 aromatic rings. The summed E-state index contributed by atoms with van der Waals surface area (Å²) in [7, 11) is -1.14. The summed E-state index contributed by atoms with van der Waals surface area (Å²) in [4.78, 5) is 4.24. The minimum atomic E-state index is -2.87. The van der Waals surface area contributed by atoms with Gasteiger partial charge >= 0.3 is 0 Å². The summed E-state index contributed by atoms with van der Waals surface area (Å²) in [6.07, 6.45) is 1.75. The van der Waals surface area contributed by atoms with Gasteiger partial charge in [-0.15, -0.1) is 24.0 Å². The number of nitrogens with zero attached hydrogens (tertiary/aromatic N) is 1. The van der Waals surface area contributed by atoms with Crippen LogP contribution in [0.3, 0.4) is 0 Å². The second kappa shape index (κ2) is 8.24. The maximum Gasteiger partial charge on any atom is 0.191 e. The Morgan fingerprint density at radius 1 is 1.20 bits per heavy atom. The van der Waals surface area contributed by atoms with Crippen molar-refractivity contribution in [2.45, 2.75) is 50.6 Å². The van der Waals surface area contributed by atoms with Crippen LogP contribution >= 0.6 is 24.0 Å². The van der Waals surface area contributed by atoms with E-state index in [0.29, 0.717) is 30.3 Å². The van der Waals surface area contributed by atoms with Crippen molar-refractivity contribution in [3.8, 4) is 0 Å². The van der Waals surface area contributed by atoms with Crippen molar-refractivity contribution in [3.63, 3.8) is 0 Å². The molecule has 3 atom stereocenters. The zero-order valence-corrected chi connectivity index (χ0v) is 18.2. The van der Waals surface area contributed by atoms with Crippen LogP contribution in [0, 0.1) is 0 Å². The Bertz CT molecular complexity index is 716. The highest BCUT2D eigenvalue weighted by molar-refractivity contribution is 14.0. The third kappa shape index (κ3) is 5.32. The van der Waals surface area contributed by atoms with Gasteiger partial charge in [0.1, 0.15) is 0 Å². The van der Waals surface area contributed by atoms with Crippen LogP contribution in [0.25, 0.3) is 0 Å². The molecule has 7 heteroatoms. The van der Waals surface area contributed by atoms with E-state index in [1.165, 1.54) is 11.1 Å². The predicted molar refractivity (Wildman–Crippen MR) is 114 cm³/mol. The van der Waals surface area contributed by atoms with E-state index in [0.717, 1.165) is 6.42 Å². The molecule has 0 radical (unpaired) electrons. The summed E-state index contributed by atoms with van der Waals surface area (Å²) >= 11 is 0. The molecule has 0 amide bonds. The fourth-order valence-electron chi connectivity index (χ4n) is 3.30. The summed E-state index contributed by atoms with van der Waals surface area (Å²) in [5.41, 5.74) is 2.72. The molecule has 3 rings (SSSR count). The minimum Gasteiger partial charge on any atom is -0.353 e. The first-order chi connectivity index (χ1) is 11.4.